The molecule has 166 valence electrons. The number of carbonyl (C=O) groups is 1. The maximum absolute atomic E-state index is 13.3. The summed E-state index contributed by atoms with van der Waals surface area (Å²) in [7, 11) is 0. The van der Waals surface area contributed by atoms with E-state index in [1.807, 2.05) is 72.3 Å². The molecule has 0 spiro atoms. The Kier molecular flexibility index (Phi) is 5.73. The van der Waals surface area contributed by atoms with Gasteiger partial charge in [-0.1, -0.05) is 60.1 Å². The SMILES string of the molecule is Cc1nnn2c1-c1ccc(C(=O)C[C@@H](C)c3ccccc3)cc1N(c1ccc(Cl)cc1)CC2. The van der Waals surface area contributed by atoms with E-state index in [0.717, 1.165) is 28.3 Å². The third kappa shape index (κ3) is 4.16. The molecule has 33 heavy (non-hydrogen) atoms. The predicted molar refractivity (Wildman–Crippen MR) is 132 cm³/mol. The molecule has 0 radical (unpaired) electrons. The lowest BCUT2D eigenvalue weighted by molar-refractivity contribution is 0.0975. The van der Waals surface area contributed by atoms with Crippen molar-refractivity contribution in [2.24, 2.45) is 0 Å². The van der Waals surface area contributed by atoms with Crippen molar-refractivity contribution >= 4 is 28.8 Å². The molecule has 1 aromatic heterocycles. The molecule has 4 aromatic rings. The van der Waals surface area contributed by atoms with Gasteiger partial charge in [-0.15, -0.1) is 5.10 Å². The highest BCUT2D eigenvalue weighted by Gasteiger charge is 2.25. The van der Waals surface area contributed by atoms with Crippen LogP contribution in [-0.4, -0.2) is 27.3 Å². The second kappa shape index (κ2) is 8.83. The lowest BCUT2D eigenvalue weighted by Gasteiger charge is -2.25. The Morgan fingerprint density at radius 1 is 1.03 bits per heavy atom. The number of rotatable bonds is 5. The summed E-state index contributed by atoms with van der Waals surface area (Å²) in [5.41, 5.74) is 6.81. The zero-order valence-corrected chi connectivity index (χ0v) is 19.5. The minimum Gasteiger partial charge on any atom is -0.339 e. The van der Waals surface area contributed by atoms with Gasteiger partial charge in [0.05, 0.1) is 23.6 Å². The second-order valence-electron chi connectivity index (χ2n) is 8.55. The molecule has 3 aromatic carbocycles. The van der Waals surface area contributed by atoms with Crippen molar-refractivity contribution in [2.75, 3.05) is 11.4 Å². The number of hydrogen-bond donors (Lipinski definition) is 0. The first kappa shape index (κ1) is 21.4. The van der Waals surface area contributed by atoms with E-state index < -0.39 is 0 Å². The van der Waals surface area contributed by atoms with Crippen LogP contribution in [0.4, 0.5) is 11.4 Å². The number of carbonyl (C=O) groups excluding carboxylic acids is 1. The number of hydrogen-bond acceptors (Lipinski definition) is 4. The number of Topliss-reactive ketones (excluding diaryl/α,β-unsaturated/α-hetero) is 1. The predicted octanol–water partition coefficient (Wildman–Crippen LogP) is 6.44. The minimum absolute atomic E-state index is 0.137. The number of halogens is 1. The average molecular weight is 457 g/mol. The van der Waals surface area contributed by atoms with Crippen LogP contribution in [0.25, 0.3) is 11.3 Å². The van der Waals surface area contributed by atoms with Crippen LogP contribution in [0.5, 0.6) is 0 Å². The Balaban J connectivity index is 1.55. The van der Waals surface area contributed by atoms with Gasteiger partial charge in [0.2, 0.25) is 0 Å². The van der Waals surface area contributed by atoms with Crippen molar-refractivity contribution in [3.05, 3.63) is 94.6 Å². The van der Waals surface area contributed by atoms with Crippen molar-refractivity contribution in [3.63, 3.8) is 0 Å². The number of nitrogens with zero attached hydrogens (tertiary/aromatic N) is 4. The van der Waals surface area contributed by atoms with E-state index in [0.29, 0.717) is 30.1 Å². The smallest absolute Gasteiger partial charge is 0.163 e. The van der Waals surface area contributed by atoms with E-state index in [1.165, 1.54) is 5.56 Å². The Bertz CT molecular complexity index is 1300. The van der Waals surface area contributed by atoms with Crippen LogP contribution < -0.4 is 4.90 Å². The summed E-state index contributed by atoms with van der Waals surface area (Å²) in [6.07, 6.45) is 0.461. The van der Waals surface area contributed by atoms with Crippen LogP contribution in [0, 0.1) is 6.92 Å². The topological polar surface area (TPSA) is 51.0 Å². The lowest BCUT2D eigenvalue weighted by Crippen LogP contribution is -2.21. The molecular formula is C27H25ClN4O. The molecule has 0 amide bonds. The molecule has 0 fully saturated rings. The highest BCUT2D eigenvalue weighted by Crippen LogP contribution is 2.39. The molecule has 0 bridgehead atoms. The summed E-state index contributed by atoms with van der Waals surface area (Å²) in [6.45, 7) is 5.48. The fraction of sp³-hybridized carbons (Fsp3) is 0.222. The van der Waals surface area contributed by atoms with Crippen LogP contribution in [0.1, 0.15) is 40.9 Å². The maximum Gasteiger partial charge on any atom is 0.163 e. The van der Waals surface area contributed by atoms with Crippen molar-refractivity contribution in [3.8, 4) is 11.3 Å². The number of fused-ring (bicyclic) bond motifs is 3. The van der Waals surface area contributed by atoms with Crippen LogP contribution in [-0.2, 0) is 6.54 Å². The number of benzene rings is 3. The summed E-state index contributed by atoms with van der Waals surface area (Å²) in [5.74, 6) is 0.288. The molecule has 5 nitrogen and oxygen atoms in total. The second-order valence-corrected chi connectivity index (χ2v) is 8.98. The summed E-state index contributed by atoms with van der Waals surface area (Å²) in [6, 6.07) is 24.0. The van der Waals surface area contributed by atoms with Gasteiger partial charge in [-0.2, -0.15) is 0 Å². The molecule has 0 unspecified atom stereocenters. The third-order valence-electron chi connectivity index (χ3n) is 6.30. The Morgan fingerprint density at radius 3 is 2.55 bits per heavy atom. The molecule has 1 aliphatic rings. The molecular weight excluding hydrogens is 432 g/mol. The number of ketones is 1. The summed E-state index contributed by atoms with van der Waals surface area (Å²) < 4.78 is 1.95. The van der Waals surface area contributed by atoms with Gasteiger partial charge in [0.15, 0.2) is 5.78 Å². The van der Waals surface area contributed by atoms with Gasteiger partial charge in [0.25, 0.3) is 0 Å². The molecule has 2 heterocycles. The van der Waals surface area contributed by atoms with Gasteiger partial charge < -0.3 is 4.90 Å². The van der Waals surface area contributed by atoms with Crippen molar-refractivity contribution in [1.29, 1.82) is 0 Å². The van der Waals surface area contributed by atoms with Crippen LogP contribution in [0.3, 0.4) is 0 Å². The standard InChI is InChI=1S/C27H25ClN4O/c1-18(20-6-4-3-5-7-20)16-26(33)21-8-13-24-25(17-21)31(23-11-9-22(28)10-12-23)14-15-32-27(24)19(2)29-30-32/h3-13,17-18H,14-16H2,1-2H3/t18-/m1/s1. The van der Waals surface area contributed by atoms with Crippen LogP contribution in [0.15, 0.2) is 72.8 Å². The van der Waals surface area contributed by atoms with Gasteiger partial charge in [0, 0.05) is 34.8 Å². The Morgan fingerprint density at radius 2 is 1.79 bits per heavy atom. The monoisotopic (exact) mass is 456 g/mol. The number of aryl methyl sites for hydroxylation is 1. The fourth-order valence-corrected chi connectivity index (χ4v) is 4.64. The molecule has 0 aliphatic carbocycles. The molecule has 5 rings (SSSR count). The van der Waals surface area contributed by atoms with Gasteiger partial charge in [0.1, 0.15) is 0 Å². The Labute approximate surface area is 198 Å². The first-order valence-corrected chi connectivity index (χ1v) is 11.5. The third-order valence-corrected chi connectivity index (χ3v) is 6.56. The zero-order chi connectivity index (χ0) is 22.9. The number of aromatic nitrogens is 3. The van der Waals surface area contributed by atoms with Crippen LogP contribution in [0.2, 0.25) is 5.02 Å². The summed E-state index contributed by atoms with van der Waals surface area (Å²) >= 11 is 6.14. The zero-order valence-electron chi connectivity index (χ0n) is 18.7. The van der Waals surface area contributed by atoms with Gasteiger partial charge in [-0.3, -0.25) is 4.79 Å². The van der Waals surface area contributed by atoms with E-state index in [-0.39, 0.29) is 11.7 Å². The van der Waals surface area contributed by atoms with Crippen molar-refractivity contribution in [2.45, 2.75) is 32.7 Å². The van der Waals surface area contributed by atoms with Gasteiger partial charge in [-0.25, -0.2) is 4.68 Å². The lowest BCUT2D eigenvalue weighted by atomic mass is 9.92. The minimum atomic E-state index is 0.137. The highest BCUT2D eigenvalue weighted by molar-refractivity contribution is 6.30. The van der Waals surface area contributed by atoms with E-state index in [4.69, 9.17) is 11.6 Å². The molecule has 6 heteroatoms. The first-order valence-electron chi connectivity index (χ1n) is 11.2. The molecule has 1 atom stereocenters. The molecule has 1 aliphatic heterocycles. The molecule has 0 saturated carbocycles. The van der Waals surface area contributed by atoms with Crippen molar-refractivity contribution < 1.29 is 4.79 Å². The maximum atomic E-state index is 13.3. The molecule has 0 saturated heterocycles. The quantitative estimate of drug-likeness (QED) is 0.324. The number of anilines is 2. The highest BCUT2D eigenvalue weighted by atomic mass is 35.5. The Hall–Kier alpha value is -3.44. The van der Waals surface area contributed by atoms with Crippen molar-refractivity contribution in [1.82, 2.24) is 15.0 Å². The summed E-state index contributed by atoms with van der Waals surface area (Å²) in [4.78, 5) is 15.5. The fourth-order valence-electron chi connectivity index (χ4n) is 4.52. The van der Waals surface area contributed by atoms with E-state index in [1.54, 1.807) is 0 Å². The van der Waals surface area contributed by atoms with Crippen LogP contribution >= 0.6 is 11.6 Å². The van der Waals surface area contributed by atoms with E-state index in [2.05, 4.69) is 34.3 Å². The molecule has 0 N–H and O–H groups in total. The summed E-state index contributed by atoms with van der Waals surface area (Å²) in [5, 5.41) is 9.32. The van der Waals surface area contributed by atoms with E-state index in [9.17, 15) is 4.79 Å². The van der Waals surface area contributed by atoms with Gasteiger partial charge in [-0.05, 0) is 54.8 Å². The average Bonchev–Trinajstić information content (AvgIpc) is 3.11. The first-order chi connectivity index (χ1) is 16.0. The largest absolute Gasteiger partial charge is 0.339 e. The van der Waals surface area contributed by atoms with Gasteiger partial charge >= 0.3 is 0 Å². The normalized spacial score (nSPS) is 13.7. The van der Waals surface area contributed by atoms with E-state index >= 15 is 0 Å².